The fraction of sp³-hybridized carbons (Fsp3) is 0.458. The van der Waals surface area contributed by atoms with Crippen molar-refractivity contribution in [1.29, 1.82) is 0 Å². The molecule has 168 valence electrons. The highest BCUT2D eigenvalue weighted by Crippen LogP contribution is 2.44. The van der Waals surface area contributed by atoms with E-state index in [0.717, 1.165) is 32.1 Å². The zero-order valence-electron chi connectivity index (χ0n) is 17.9. The molecule has 31 heavy (non-hydrogen) atoms. The van der Waals surface area contributed by atoms with E-state index >= 15 is 0 Å². The Kier molecular flexibility index (Phi) is 7.15. The highest BCUT2D eigenvalue weighted by atomic mass is 16.6. The van der Waals surface area contributed by atoms with Crippen LogP contribution in [0.25, 0.3) is 0 Å². The number of aromatic hydroxyl groups is 4. The summed E-state index contributed by atoms with van der Waals surface area (Å²) in [5, 5.41) is 39.6. The van der Waals surface area contributed by atoms with Crippen LogP contribution in [0.3, 0.4) is 0 Å². The molecule has 0 bridgehead atoms. The largest absolute Gasteiger partial charge is 0.508 e. The Labute approximate surface area is 181 Å². The van der Waals surface area contributed by atoms with Gasteiger partial charge in [0.25, 0.3) is 0 Å². The first-order chi connectivity index (χ1) is 14.8. The lowest BCUT2D eigenvalue weighted by atomic mass is 9.93. The monoisotopic (exact) mass is 430 g/mol. The summed E-state index contributed by atoms with van der Waals surface area (Å²) in [6.45, 7) is 3.97. The summed E-state index contributed by atoms with van der Waals surface area (Å²) in [5.41, 5.74) is 0.933. The zero-order valence-corrected chi connectivity index (χ0v) is 17.9. The number of esters is 1. The number of fused-ring (bicyclic) bond motifs is 1. The first-order valence-electron chi connectivity index (χ1n) is 10.7. The zero-order chi connectivity index (χ0) is 22.5. The minimum Gasteiger partial charge on any atom is -0.508 e. The Morgan fingerprint density at radius 3 is 2.55 bits per heavy atom. The van der Waals surface area contributed by atoms with Crippen LogP contribution < -0.4 is 4.74 Å². The average molecular weight is 430 g/mol. The highest BCUT2D eigenvalue weighted by Gasteiger charge is 2.37. The van der Waals surface area contributed by atoms with Crippen molar-refractivity contribution in [2.45, 2.75) is 64.6 Å². The summed E-state index contributed by atoms with van der Waals surface area (Å²) in [7, 11) is 0. The van der Waals surface area contributed by atoms with E-state index in [1.807, 2.05) is 6.92 Å². The lowest BCUT2D eigenvalue weighted by Crippen LogP contribution is -2.36. The van der Waals surface area contributed by atoms with Gasteiger partial charge in [0.2, 0.25) is 0 Å². The van der Waals surface area contributed by atoms with Gasteiger partial charge in [0.15, 0.2) is 17.6 Å². The first kappa shape index (κ1) is 22.6. The number of carbonyl (C=O) groups is 1. The van der Waals surface area contributed by atoms with Crippen molar-refractivity contribution in [2.75, 3.05) is 0 Å². The van der Waals surface area contributed by atoms with Crippen molar-refractivity contribution in [3.8, 4) is 28.7 Å². The molecule has 2 aromatic rings. The van der Waals surface area contributed by atoms with Crippen molar-refractivity contribution < 1.29 is 34.7 Å². The van der Waals surface area contributed by atoms with E-state index in [1.165, 1.54) is 24.3 Å². The van der Waals surface area contributed by atoms with Crippen molar-refractivity contribution in [2.24, 2.45) is 5.92 Å². The normalized spacial score (nSPS) is 18.6. The number of phenols is 4. The standard InChI is InChI=1S/C24H30O7/c1-3-4-5-6-7-14(2)24(29)31-22-13-17-19(27)11-16(25)12-21(17)30-23(22)15-8-9-18(26)20(28)10-15/h8-12,14,22-23,25-28H,3-7,13H2,1-2H3. The van der Waals surface area contributed by atoms with Gasteiger partial charge in [-0.05, 0) is 18.6 Å². The van der Waals surface area contributed by atoms with Crippen molar-refractivity contribution in [3.05, 3.63) is 41.5 Å². The number of benzene rings is 2. The van der Waals surface area contributed by atoms with E-state index in [2.05, 4.69) is 6.92 Å². The summed E-state index contributed by atoms with van der Waals surface area (Å²) in [6.07, 6.45) is 3.65. The Bertz CT molecular complexity index is 924. The predicted octanol–water partition coefficient (Wildman–Crippen LogP) is 4.70. The van der Waals surface area contributed by atoms with Gasteiger partial charge < -0.3 is 29.9 Å². The number of hydrogen-bond acceptors (Lipinski definition) is 7. The molecule has 0 spiro atoms. The SMILES string of the molecule is CCCCCCC(C)C(=O)OC1Cc2c(O)cc(O)cc2OC1c1ccc(O)c(O)c1. The summed E-state index contributed by atoms with van der Waals surface area (Å²) >= 11 is 0. The summed E-state index contributed by atoms with van der Waals surface area (Å²) in [5.74, 6) is -1.24. The fourth-order valence-electron chi connectivity index (χ4n) is 3.81. The van der Waals surface area contributed by atoms with E-state index in [0.29, 0.717) is 11.1 Å². The molecular weight excluding hydrogens is 400 g/mol. The highest BCUT2D eigenvalue weighted by molar-refractivity contribution is 5.72. The van der Waals surface area contributed by atoms with Gasteiger partial charge in [0.05, 0.1) is 5.92 Å². The lowest BCUT2D eigenvalue weighted by molar-refractivity contribution is -0.160. The molecule has 0 fully saturated rings. The van der Waals surface area contributed by atoms with Crippen molar-refractivity contribution >= 4 is 5.97 Å². The van der Waals surface area contributed by atoms with Crippen LogP contribution >= 0.6 is 0 Å². The molecule has 4 N–H and O–H groups in total. The maximum atomic E-state index is 12.8. The molecule has 0 amide bonds. The van der Waals surface area contributed by atoms with Crippen LogP contribution in [0, 0.1) is 5.92 Å². The van der Waals surface area contributed by atoms with Gasteiger partial charge in [0.1, 0.15) is 23.4 Å². The van der Waals surface area contributed by atoms with Crippen LogP contribution in [0.15, 0.2) is 30.3 Å². The van der Waals surface area contributed by atoms with Crippen LogP contribution in [0.1, 0.15) is 63.2 Å². The molecule has 1 aliphatic rings. The molecule has 0 aliphatic carbocycles. The second-order valence-corrected chi connectivity index (χ2v) is 8.16. The molecule has 1 aliphatic heterocycles. The summed E-state index contributed by atoms with van der Waals surface area (Å²) in [4.78, 5) is 12.8. The number of unbranched alkanes of at least 4 members (excludes halogenated alkanes) is 3. The number of phenolic OH excluding ortho intramolecular Hbond substituents is 4. The Hall–Kier alpha value is -3.09. The van der Waals surface area contributed by atoms with Gasteiger partial charge in [-0.15, -0.1) is 0 Å². The smallest absolute Gasteiger partial charge is 0.309 e. The second kappa shape index (κ2) is 9.81. The third-order valence-electron chi connectivity index (χ3n) is 5.66. The van der Waals surface area contributed by atoms with E-state index in [1.54, 1.807) is 6.07 Å². The average Bonchev–Trinajstić information content (AvgIpc) is 2.73. The molecule has 0 aromatic heterocycles. The molecule has 7 heteroatoms. The maximum Gasteiger partial charge on any atom is 0.309 e. The third kappa shape index (κ3) is 5.34. The van der Waals surface area contributed by atoms with Crippen LogP contribution in [0.5, 0.6) is 28.7 Å². The van der Waals surface area contributed by atoms with E-state index in [-0.39, 0.29) is 47.1 Å². The van der Waals surface area contributed by atoms with E-state index in [4.69, 9.17) is 9.47 Å². The molecule has 7 nitrogen and oxygen atoms in total. The third-order valence-corrected chi connectivity index (χ3v) is 5.66. The van der Waals surface area contributed by atoms with Gasteiger partial charge >= 0.3 is 5.97 Å². The van der Waals surface area contributed by atoms with Gasteiger partial charge in [-0.1, -0.05) is 45.6 Å². The van der Waals surface area contributed by atoms with Crippen molar-refractivity contribution in [1.82, 2.24) is 0 Å². The topological polar surface area (TPSA) is 116 Å². The quantitative estimate of drug-likeness (QED) is 0.272. The van der Waals surface area contributed by atoms with Crippen LogP contribution in [0.2, 0.25) is 0 Å². The first-order valence-corrected chi connectivity index (χ1v) is 10.7. The van der Waals surface area contributed by atoms with E-state index in [9.17, 15) is 25.2 Å². The maximum absolute atomic E-state index is 12.8. The Balaban J connectivity index is 1.83. The fourth-order valence-corrected chi connectivity index (χ4v) is 3.81. The summed E-state index contributed by atoms with van der Waals surface area (Å²) < 4.78 is 11.8. The van der Waals surface area contributed by atoms with Crippen molar-refractivity contribution in [3.63, 3.8) is 0 Å². The van der Waals surface area contributed by atoms with Gasteiger partial charge in [-0.2, -0.15) is 0 Å². The number of rotatable bonds is 8. The predicted molar refractivity (Wildman–Crippen MR) is 114 cm³/mol. The molecule has 2 aromatic carbocycles. The van der Waals surface area contributed by atoms with Crippen LogP contribution in [-0.2, 0) is 16.0 Å². The van der Waals surface area contributed by atoms with Gasteiger partial charge in [-0.25, -0.2) is 0 Å². The van der Waals surface area contributed by atoms with E-state index < -0.39 is 12.2 Å². The Morgan fingerprint density at radius 1 is 1.06 bits per heavy atom. The number of carbonyl (C=O) groups excluding carboxylic acids is 1. The molecule has 3 atom stereocenters. The molecular formula is C24H30O7. The second-order valence-electron chi connectivity index (χ2n) is 8.16. The number of hydrogen-bond donors (Lipinski definition) is 4. The molecule has 0 saturated heterocycles. The minimum atomic E-state index is -0.781. The molecule has 0 radical (unpaired) electrons. The van der Waals surface area contributed by atoms with Gasteiger partial charge in [0, 0.05) is 29.7 Å². The lowest BCUT2D eigenvalue weighted by Gasteiger charge is -2.34. The Morgan fingerprint density at radius 2 is 1.84 bits per heavy atom. The molecule has 0 saturated carbocycles. The minimum absolute atomic E-state index is 0.143. The molecule has 1 heterocycles. The van der Waals surface area contributed by atoms with Gasteiger partial charge in [-0.3, -0.25) is 4.79 Å². The summed E-state index contributed by atoms with van der Waals surface area (Å²) in [6, 6.07) is 6.85. The molecule has 3 unspecified atom stereocenters. The van der Waals surface area contributed by atoms with Crippen LogP contribution in [-0.4, -0.2) is 32.5 Å². The number of ether oxygens (including phenoxy) is 2. The van der Waals surface area contributed by atoms with Crippen LogP contribution in [0.4, 0.5) is 0 Å². The molecule has 3 rings (SSSR count).